The Kier molecular flexibility index (Phi) is 9.53. The number of methoxy groups -OCH3 is 2. The molecular weight excluding hydrogens is 408 g/mol. The van der Waals surface area contributed by atoms with Crippen molar-refractivity contribution in [2.24, 2.45) is 5.92 Å². The van der Waals surface area contributed by atoms with Crippen molar-refractivity contribution in [3.05, 3.63) is 59.7 Å². The third-order valence-corrected chi connectivity index (χ3v) is 4.85. The van der Waals surface area contributed by atoms with E-state index in [1.54, 1.807) is 28.1 Å². The molecule has 1 atom stereocenters. The zero-order valence-corrected chi connectivity index (χ0v) is 19.0. The van der Waals surface area contributed by atoms with Crippen LogP contribution in [0.25, 0.3) is 0 Å². The van der Waals surface area contributed by atoms with Gasteiger partial charge in [-0.05, 0) is 29.7 Å². The summed E-state index contributed by atoms with van der Waals surface area (Å²) >= 11 is 0. The maximum absolute atomic E-state index is 12.9. The molecular formula is C24H32N4O4. The molecule has 8 nitrogen and oxygen atoms in total. The Morgan fingerprint density at radius 1 is 0.938 bits per heavy atom. The summed E-state index contributed by atoms with van der Waals surface area (Å²) in [7, 11) is 3.16. The lowest BCUT2D eigenvalue weighted by atomic mass is 10.1. The molecule has 8 heteroatoms. The molecule has 2 amide bonds. The number of carbonyl (C=O) groups excluding carboxylic acids is 2. The summed E-state index contributed by atoms with van der Waals surface area (Å²) in [5.41, 5.74) is 1.94. The number of guanidine groups is 1. The van der Waals surface area contributed by atoms with Crippen molar-refractivity contribution in [2.75, 3.05) is 20.8 Å². The maximum atomic E-state index is 12.9. The van der Waals surface area contributed by atoms with Crippen LogP contribution in [0.15, 0.2) is 48.5 Å². The van der Waals surface area contributed by atoms with Crippen molar-refractivity contribution in [3.63, 3.8) is 0 Å². The quantitative estimate of drug-likeness (QED) is 0.334. The van der Waals surface area contributed by atoms with Crippen molar-refractivity contribution in [1.82, 2.24) is 16.0 Å². The van der Waals surface area contributed by atoms with Gasteiger partial charge in [0.05, 0.1) is 14.2 Å². The van der Waals surface area contributed by atoms with Crippen LogP contribution in [0.2, 0.25) is 0 Å². The summed E-state index contributed by atoms with van der Waals surface area (Å²) < 4.78 is 10.6. The molecule has 4 N–H and O–H groups in total. The smallest absolute Gasteiger partial charge is 0.242 e. The van der Waals surface area contributed by atoms with Crippen LogP contribution in [0.5, 0.6) is 11.5 Å². The molecule has 0 heterocycles. The Labute approximate surface area is 189 Å². The Morgan fingerprint density at radius 3 is 2.25 bits per heavy atom. The summed E-state index contributed by atoms with van der Waals surface area (Å²) in [6.45, 7) is 3.89. The van der Waals surface area contributed by atoms with Gasteiger partial charge < -0.3 is 20.1 Å². The number of hydrogen-bond acceptors (Lipinski definition) is 5. The SMILES string of the molecule is COc1ccc(CCNC(=O)[C@@H](Cc2ccccc2)NC(=N)NC(=O)C(C)C)cc1OC. The van der Waals surface area contributed by atoms with Crippen LogP contribution in [0.4, 0.5) is 0 Å². The molecule has 0 aliphatic heterocycles. The molecule has 172 valence electrons. The molecule has 2 aromatic rings. The average Bonchev–Trinajstić information content (AvgIpc) is 2.78. The molecule has 2 rings (SSSR count). The van der Waals surface area contributed by atoms with Crippen LogP contribution < -0.4 is 25.4 Å². The first kappa shape index (κ1) is 24.7. The average molecular weight is 441 g/mol. The van der Waals surface area contributed by atoms with E-state index in [-0.39, 0.29) is 23.7 Å². The van der Waals surface area contributed by atoms with Gasteiger partial charge in [-0.3, -0.25) is 20.3 Å². The lowest BCUT2D eigenvalue weighted by Crippen LogP contribution is -2.53. The van der Waals surface area contributed by atoms with E-state index in [4.69, 9.17) is 14.9 Å². The second-order valence-corrected chi connectivity index (χ2v) is 7.64. The predicted molar refractivity (Wildman–Crippen MR) is 124 cm³/mol. The topological polar surface area (TPSA) is 113 Å². The monoisotopic (exact) mass is 440 g/mol. The molecule has 0 bridgehead atoms. The highest BCUT2D eigenvalue weighted by Gasteiger charge is 2.21. The van der Waals surface area contributed by atoms with E-state index in [2.05, 4.69) is 16.0 Å². The van der Waals surface area contributed by atoms with Gasteiger partial charge in [0, 0.05) is 18.9 Å². The normalized spacial score (nSPS) is 11.4. The van der Waals surface area contributed by atoms with E-state index in [9.17, 15) is 9.59 Å². The number of nitrogens with one attached hydrogen (secondary N) is 4. The molecule has 0 saturated carbocycles. The van der Waals surface area contributed by atoms with E-state index in [1.807, 2.05) is 48.5 Å². The summed E-state index contributed by atoms with van der Waals surface area (Å²) in [5.74, 6) is 0.288. The number of hydrogen-bond donors (Lipinski definition) is 4. The molecule has 0 fully saturated rings. The fraction of sp³-hybridized carbons (Fsp3) is 0.375. The van der Waals surface area contributed by atoms with Crippen LogP contribution >= 0.6 is 0 Å². The zero-order valence-electron chi connectivity index (χ0n) is 19.0. The van der Waals surface area contributed by atoms with Gasteiger partial charge in [-0.1, -0.05) is 50.2 Å². The van der Waals surface area contributed by atoms with Gasteiger partial charge in [0.1, 0.15) is 6.04 Å². The third kappa shape index (κ3) is 7.61. The Bertz CT molecular complexity index is 915. The number of rotatable bonds is 10. The first-order chi connectivity index (χ1) is 15.3. The minimum Gasteiger partial charge on any atom is -0.493 e. The molecule has 0 saturated heterocycles. The number of amides is 2. The lowest BCUT2D eigenvalue weighted by Gasteiger charge is -2.21. The standard InChI is InChI=1S/C24H32N4O4/c1-16(2)22(29)28-24(25)27-19(14-17-8-6-5-7-9-17)23(30)26-13-12-18-10-11-20(31-3)21(15-18)32-4/h5-11,15-16,19H,12-14H2,1-4H3,(H,26,30)(H3,25,27,28,29)/t19-/m1/s1. The van der Waals surface area contributed by atoms with E-state index in [1.165, 1.54) is 0 Å². The highest BCUT2D eigenvalue weighted by atomic mass is 16.5. The molecule has 32 heavy (non-hydrogen) atoms. The fourth-order valence-corrected chi connectivity index (χ4v) is 3.03. The largest absolute Gasteiger partial charge is 0.493 e. The molecule has 0 unspecified atom stereocenters. The van der Waals surface area contributed by atoms with Gasteiger partial charge >= 0.3 is 0 Å². The second kappa shape index (κ2) is 12.3. The fourth-order valence-electron chi connectivity index (χ4n) is 3.03. The summed E-state index contributed by atoms with van der Waals surface area (Å²) in [6.07, 6.45) is 0.981. The van der Waals surface area contributed by atoms with Crippen LogP contribution in [-0.2, 0) is 22.4 Å². The van der Waals surface area contributed by atoms with Crippen molar-refractivity contribution < 1.29 is 19.1 Å². The molecule has 0 aromatic heterocycles. The third-order valence-electron chi connectivity index (χ3n) is 4.85. The molecule has 0 aliphatic rings. The van der Waals surface area contributed by atoms with Gasteiger partial charge in [-0.25, -0.2) is 0 Å². The Balaban J connectivity index is 2.00. The summed E-state index contributed by atoms with van der Waals surface area (Å²) in [4.78, 5) is 24.8. The van der Waals surface area contributed by atoms with Crippen LogP contribution in [0.3, 0.4) is 0 Å². The molecule has 0 radical (unpaired) electrons. The number of benzene rings is 2. The number of carbonyl (C=O) groups is 2. The van der Waals surface area contributed by atoms with Crippen LogP contribution in [0.1, 0.15) is 25.0 Å². The van der Waals surface area contributed by atoms with Gasteiger partial charge in [-0.2, -0.15) is 0 Å². The van der Waals surface area contributed by atoms with E-state index in [0.29, 0.717) is 30.9 Å². The van der Waals surface area contributed by atoms with Crippen molar-refractivity contribution in [2.45, 2.75) is 32.7 Å². The van der Waals surface area contributed by atoms with Crippen LogP contribution in [0, 0.1) is 11.3 Å². The Hall–Kier alpha value is -3.55. The maximum Gasteiger partial charge on any atom is 0.242 e. The predicted octanol–water partition coefficient (Wildman–Crippen LogP) is 2.27. The summed E-state index contributed by atoms with van der Waals surface area (Å²) in [6, 6.07) is 14.5. The summed E-state index contributed by atoms with van der Waals surface area (Å²) in [5, 5.41) is 16.3. The van der Waals surface area contributed by atoms with E-state index in [0.717, 1.165) is 11.1 Å². The highest BCUT2D eigenvalue weighted by molar-refractivity contribution is 5.98. The van der Waals surface area contributed by atoms with E-state index >= 15 is 0 Å². The molecule has 2 aromatic carbocycles. The van der Waals surface area contributed by atoms with Crippen molar-refractivity contribution in [1.29, 1.82) is 5.41 Å². The first-order valence-electron chi connectivity index (χ1n) is 10.5. The first-order valence-corrected chi connectivity index (χ1v) is 10.5. The zero-order chi connectivity index (χ0) is 23.5. The van der Waals surface area contributed by atoms with Crippen molar-refractivity contribution >= 4 is 17.8 Å². The minimum absolute atomic E-state index is 0.195. The van der Waals surface area contributed by atoms with Crippen LogP contribution in [-0.4, -0.2) is 44.6 Å². The van der Waals surface area contributed by atoms with Gasteiger partial charge in [0.2, 0.25) is 11.8 Å². The van der Waals surface area contributed by atoms with Gasteiger partial charge in [0.25, 0.3) is 0 Å². The Morgan fingerprint density at radius 2 is 1.62 bits per heavy atom. The number of ether oxygens (including phenoxy) is 2. The lowest BCUT2D eigenvalue weighted by molar-refractivity contribution is -0.124. The molecule has 0 aliphatic carbocycles. The highest BCUT2D eigenvalue weighted by Crippen LogP contribution is 2.27. The van der Waals surface area contributed by atoms with Gasteiger partial charge in [0.15, 0.2) is 17.5 Å². The van der Waals surface area contributed by atoms with Crippen molar-refractivity contribution in [3.8, 4) is 11.5 Å². The minimum atomic E-state index is -0.706. The van der Waals surface area contributed by atoms with E-state index < -0.39 is 6.04 Å². The second-order valence-electron chi connectivity index (χ2n) is 7.64. The molecule has 0 spiro atoms. The van der Waals surface area contributed by atoms with Gasteiger partial charge in [-0.15, -0.1) is 0 Å².